The number of rotatable bonds is 3. The zero-order chi connectivity index (χ0) is 19.1. The first kappa shape index (κ1) is 21.1. The molecule has 2 aromatic rings. The molecule has 0 spiro atoms. The first-order valence-corrected chi connectivity index (χ1v) is 16.3. The molecule has 0 bridgehead atoms. The summed E-state index contributed by atoms with van der Waals surface area (Å²) in [5.41, 5.74) is 6.23. The molecular weight excluding hydrogens is 372 g/mol. The van der Waals surface area contributed by atoms with Gasteiger partial charge in [-0.05, 0) is 0 Å². The van der Waals surface area contributed by atoms with Crippen LogP contribution in [0.15, 0.2) is 70.6 Å². The Bertz CT molecular complexity index is 738. The van der Waals surface area contributed by atoms with Crippen molar-refractivity contribution in [3.05, 3.63) is 81.8 Å². The standard InChI is InChI=1S/C13H9.C5H5.C2H7Si.2CH4O.Ti/c1-3-7-12-10(5-1)9-11-6-2-4-8-13(11)12;1-2-4-5-3-1;1-3-2;2*1-2;/h1-9H;1-3H,4H2;3H,1-2H3;2*2H,1H3;. The maximum atomic E-state index is 7.00. The van der Waals surface area contributed by atoms with E-state index >= 15 is 0 Å². The zero-order valence-corrected chi connectivity index (χ0v) is 18.8. The van der Waals surface area contributed by atoms with E-state index in [0.29, 0.717) is 0 Å². The molecule has 0 atom stereocenters. The van der Waals surface area contributed by atoms with E-state index in [1.54, 1.807) is 11.1 Å². The van der Waals surface area contributed by atoms with Gasteiger partial charge in [-0.3, -0.25) is 0 Å². The number of hydrogen-bond acceptors (Lipinski definition) is 2. The minimum atomic E-state index is -1.28. The molecule has 0 heterocycles. The molecule has 4 rings (SSSR count). The number of aliphatic hydroxyl groups excluding tert-OH is 2. The number of benzene rings is 2. The van der Waals surface area contributed by atoms with Crippen molar-refractivity contribution in [2.45, 2.75) is 23.7 Å². The van der Waals surface area contributed by atoms with Gasteiger partial charge in [0.25, 0.3) is 0 Å². The van der Waals surface area contributed by atoms with Gasteiger partial charge < -0.3 is 10.2 Å². The third-order valence-electron chi connectivity index (χ3n) is 4.91. The van der Waals surface area contributed by atoms with Crippen LogP contribution in [0.2, 0.25) is 13.1 Å². The summed E-state index contributed by atoms with van der Waals surface area (Å²) in [7, 11) is 2.00. The predicted octanol–water partition coefficient (Wildman–Crippen LogP) is 4.42. The summed E-state index contributed by atoms with van der Waals surface area (Å²) in [4.78, 5) is 0. The van der Waals surface area contributed by atoms with Crippen LogP contribution in [0.5, 0.6) is 0 Å². The van der Waals surface area contributed by atoms with Crippen molar-refractivity contribution in [2.24, 2.45) is 0 Å². The van der Waals surface area contributed by atoms with Gasteiger partial charge in [-0.25, -0.2) is 0 Å². The number of aliphatic hydroxyl groups is 2. The molecule has 2 aliphatic rings. The van der Waals surface area contributed by atoms with Crippen LogP contribution in [0.3, 0.4) is 0 Å². The molecule has 137 valence electrons. The number of hydrogen-bond donors (Lipinski definition) is 2. The van der Waals surface area contributed by atoms with Gasteiger partial charge in [-0.1, -0.05) is 0 Å². The quantitative estimate of drug-likeness (QED) is 0.748. The summed E-state index contributed by atoms with van der Waals surface area (Å²) in [5.74, 6) is 0. The summed E-state index contributed by atoms with van der Waals surface area (Å²) >= 11 is -1.28. The summed E-state index contributed by atoms with van der Waals surface area (Å²) in [6.45, 7) is 4.51. The van der Waals surface area contributed by atoms with Gasteiger partial charge in [0.05, 0.1) is 0 Å². The second-order valence-electron chi connectivity index (χ2n) is 6.54. The molecule has 0 aromatic heterocycles. The Hall–Kier alpha value is -1.23. The van der Waals surface area contributed by atoms with Crippen LogP contribution in [0, 0.1) is 0 Å². The molecule has 0 saturated carbocycles. The topological polar surface area (TPSA) is 40.5 Å². The number of fused-ring (bicyclic) bond motifs is 3. The molecule has 0 radical (unpaired) electrons. The fourth-order valence-corrected chi connectivity index (χ4v) is 17.8. The van der Waals surface area contributed by atoms with Crippen molar-refractivity contribution in [1.82, 2.24) is 0 Å². The molecule has 0 fully saturated rings. The first-order chi connectivity index (χ1) is 12.8. The molecule has 2 aliphatic carbocycles. The Morgan fingerprint density at radius 2 is 1.35 bits per heavy atom. The van der Waals surface area contributed by atoms with Crippen LogP contribution in [-0.4, -0.2) is 31.1 Å². The monoisotopic (exact) mass is 401 g/mol. The molecule has 26 heavy (non-hydrogen) atoms. The van der Waals surface area contributed by atoms with Gasteiger partial charge in [0.1, 0.15) is 0 Å². The van der Waals surface area contributed by atoms with Crippen LogP contribution in [-0.2, 0) is 17.1 Å². The van der Waals surface area contributed by atoms with Crippen molar-refractivity contribution in [2.75, 3.05) is 14.2 Å². The molecule has 0 amide bonds. The van der Waals surface area contributed by atoms with Gasteiger partial charge in [-0.15, -0.1) is 0 Å². The first-order valence-electron chi connectivity index (χ1n) is 9.08. The van der Waals surface area contributed by atoms with Crippen molar-refractivity contribution in [1.29, 1.82) is 0 Å². The van der Waals surface area contributed by atoms with Crippen LogP contribution in [0.4, 0.5) is 0 Å². The van der Waals surface area contributed by atoms with Crippen LogP contribution in [0.25, 0.3) is 11.1 Å². The third kappa shape index (κ3) is 4.03. The van der Waals surface area contributed by atoms with Crippen LogP contribution >= 0.6 is 0 Å². The SMILES string of the molecule is CO.CO.C[SiH](C)[Ti]([C]1=CC=CC1)[CH]1c2ccccc2-c2ccccc21. The Labute approximate surface area is 164 Å². The van der Waals surface area contributed by atoms with E-state index in [2.05, 4.69) is 79.9 Å². The zero-order valence-electron chi connectivity index (χ0n) is 16.1. The Kier molecular flexibility index (Phi) is 8.26. The van der Waals surface area contributed by atoms with Gasteiger partial charge in [0.15, 0.2) is 0 Å². The van der Waals surface area contributed by atoms with Gasteiger partial charge in [0.2, 0.25) is 0 Å². The van der Waals surface area contributed by atoms with E-state index in [-0.39, 0.29) is 0 Å². The normalized spacial score (nSPS) is 13.9. The van der Waals surface area contributed by atoms with Crippen LogP contribution < -0.4 is 0 Å². The maximum absolute atomic E-state index is 7.00. The fraction of sp³-hybridized carbons (Fsp3) is 0.273. The van der Waals surface area contributed by atoms with E-state index < -0.39 is 23.8 Å². The molecular formula is C22H29O2SiTi. The van der Waals surface area contributed by atoms with E-state index in [4.69, 9.17) is 10.2 Å². The van der Waals surface area contributed by atoms with Crippen molar-refractivity contribution in [3.63, 3.8) is 0 Å². The molecule has 2 aromatic carbocycles. The Morgan fingerprint density at radius 3 is 1.77 bits per heavy atom. The van der Waals surface area contributed by atoms with Crippen molar-refractivity contribution in [3.8, 4) is 11.1 Å². The number of allylic oxidation sites excluding steroid dienone is 4. The second-order valence-corrected chi connectivity index (χ2v) is 20.2. The van der Waals surface area contributed by atoms with Crippen LogP contribution in [0.1, 0.15) is 21.8 Å². The third-order valence-corrected chi connectivity index (χ3v) is 18.6. The summed E-state index contributed by atoms with van der Waals surface area (Å²) in [5, 5.41) is 14.0. The summed E-state index contributed by atoms with van der Waals surface area (Å²) in [6, 6.07) is 18.3. The second kappa shape index (κ2) is 10.2. The molecule has 2 nitrogen and oxygen atoms in total. The summed E-state index contributed by atoms with van der Waals surface area (Å²) < 4.78 is 2.54. The average molecular weight is 401 g/mol. The van der Waals surface area contributed by atoms with E-state index in [1.165, 1.54) is 17.5 Å². The minimum absolute atomic E-state index is 0.651. The molecule has 0 saturated heterocycles. The Morgan fingerprint density at radius 1 is 0.846 bits per heavy atom. The van der Waals surface area contributed by atoms with Gasteiger partial charge in [0, 0.05) is 14.2 Å². The van der Waals surface area contributed by atoms with Gasteiger partial charge in [-0.2, -0.15) is 0 Å². The van der Waals surface area contributed by atoms with Crippen molar-refractivity contribution >= 4 is 6.66 Å². The molecule has 0 aliphatic heterocycles. The molecule has 2 N–H and O–H groups in total. The molecule has 0 unspecified atom stereocenters. The van der Waals surface area contributed by atoms with Gasteiger partial charge >= 0.3 is 140 Å². The summed E-state index contributed by atoms with van der Waals surface area (Å²) in [6.07, 6.45) is 8.31. The predicted molar refractivity (Wildman–Crippen MR) is 111 cm³/mol. The van der Waals surface area contributed by atoms with E-state index in [0.717, 1.165) is 18.4 Å². The van der Waals surface area contributed by atoms with Crippen molar-refractivity contribution < 1.29 is 27.3 Å². The Balaban J connectivity index is 0.000000570. The average Bonchev–Trinajstić information content (AvgIpc) is 3.33. The van der Waals surface area contributed by atoms with E-state index in [1.807, 2.05) is 3.88 Å². The van der Waals surface area contributed by atoms with E-state index in [9.17, 15) is 0 Å². The fourth-order valence-electron chi connectivity index (χ4n) is 4.04. The molecule has 4 heteroatoms.